The van der Waals surface area contributed by atoms with Crippen molar-refractivity contribution in [1.29, 1.82) is 5.26 Å². The van der Waals surface area contributed by atoms with Crippen LogP contribution in [0.5, 0.6) is 0 Å². The first-order valence-corrected chi connectivity index (χ1v) is 25.2. The highest BCUT2D eigenvalue weighted by Crippen LogP contribution is 2.35. The quantitative estimate of drug-likeness (QED) is 0.147. The first kappa shape index (κ1) is 33.0. The minimum atomic E-state index is -2.45. The molecule has 0 fully saturated rings. The molecule has 0 spiro atoms. The lowest BCUT2D eigenvalue weighted by atomic mass is 9.79. The third-order valence-electron chi connectivity index (χ3n) is 5.22. The van der Waals surface area contributed by atoms with E-state index in [1.165, 1.54) is 0 Å². The largest absolute Gasteiger partial charge is 0.465 e. The Morgan fingerprint density at radius 3 is 2.14 bits per heavy atom. The molecule has 0 heterocycles. The molecule has 1 rings (SSSR count). The summed E-state index contributed by atoms with van der Waals surface area (Å²) in [6.07, 6.45) is 5.69. The number of ether oxygens (including phenoxy) is 1. The molecule has 0 saturated carbocycles. The van der Waals surface area contributed by atoms with E-state index in [9.17, 15) is 10.1 Å². The van der Waals surface area contributed by atoms with Gasteiger partial charge in [-0.2, -0.15) is 5.26 Å². The van der Waals surface area contributed by atoms with E-state index in [1.54, 1.807) is 6.92 Å². The molecule has 7 nitrogen and oxygen atoms in total. The van der Waals surface area contributed by atoms with Crippen molar-refractivity contribution in [1.82, 2.24) is 5.32 Å². The van der Waals surface area contributed by atoms with Gasteiger partial charge >= 0.3 is 23.1 Å². The average molecular weight is 571 g/mol. The summed E-state index contributed by atoms with van der Waals surface area (Å²) < 4.78 is 25.1. The molecule has 11 heteroatoms. The Morgan fingerprint density at radius 2 is 1.64 bits per heavy atom. The zero-order chi connectivity index (χ0) is 28.0. The van der Waals surface area contributed by atoms with Crippen LogP contribution in [0.1, 0.15) is 33.6 Å². The molecule has 0 saturated heterocycles. The van der Waals surface area contributed by atoms with E-state index < -0.39 is 45.6 Å². The number of nitrogens with zero attached hydrogens (tertiary/aromatic N) is 1. The normalized spacial score (nSPS) is 18.9. The molecular formula is C25H50N2O5Si4. The summed E-state index contributed by atoms with van der Waals surface area (Å²) in [6, 6.07) is 2.99. The number of nitriles is 1. The van der Waals surface area contributed by atoms with Crippen LogP contribution in [0.3, 0.4) is 0 Å². The molecule has 206 valence electrons. The average Bonchev–Trinajstić information content (AvgIpc) is 2.60. The highest BCUT2D eigenvalue weighted by Gasteiger charge is 2.44. The fourth-order valence-corrected chi connectivity index (χ4v) is 22.7. The van der Waals surface area contributed by atoms with Crippen LogP contribution in [-0.2, 0) is 21.9 Å². The Bertz CT molecular complexity index is 869. The van der Waals surface area contributed by atoms with E-state index in [4.69, 9.17) is 17.1 Å². The van der Waals surface area contributed by atoms with E-state index in [0.717, 1.165) is 31.1 Å². The Labute approximate surface area is 224 Å². The van der Waals surface area contributed by atoms with Crippen molar-refractivity contribution in [3.63, 3.8) is 0 Å². The van der Waals surface area contributed by atoms with Crippen LogP contribution in [0.4, 0.5) is 0 Å². The van der Waals surface area contributed by atoms with Gasteiger partial charge in [-0.3, -0.25) is 4.79 Å². The second-order valence-electron chi connectivity index (χ2n) is 12.9. The second-order valence-corrected chi connectivity index (χ2v) is 29.4. The lowest BCUT2D eigenvalue weighted by Crippen LogP contribution is -2.56. The fourth-order valence-electron chi connectivity index (χ4n) is 4.76. The molecule has 2 unspecified atom stereocenters. The van der Waals surface area contributed by atoms with Gasteiger partial charge in [-0.15, -0.1) is 0 Å². The molecule has 0 aliphatic heterocycles. The van der Waals surface area contributed by atoms with Crippen molar-refractivity contribution in [2.75, 3.05) is 13.2 Å². The van der Waals surface area contributed by atoms with Gasteiger partial charge in [0.1, 0.15) is 0 Å². The summed E-state index contributed by atoms with van der Waals surface area (Å²) in [5, 5.41) is 13.2. The molecule has 1 aliphatic rings. The molecule has 36 heavy (non-hydrogen) atoms. The monoisotopic (exact) mass is 570 g/mol. The Kier molecular flexibility index (Phi) is 11.6. The maximum absolute atomic E-state index is 12.3. The Morgan fingerprint density at radius 1 is 1.06 bits per heavy atom. The summed E-state index contributed by atoms with van der Waals surface area (Å²) in [5.41, 5.74) is 1.58. The van der Waals surface area contributed by atoms with Gasteiger partial charge in [-0.25, -0.2) is 0 Å². The van der Waals surface area contributed by atoms with Crippen LogP contribution in [0, 0.1) is 22.7 Å². The third-order valence-corrected chi connectivity index (χ3v) is 18.8. The fraction of sp³-hybridized carbons (Fsp3) is 0.760. The van der Waals surface area contributed by atoms with Crippen LogP contribution in [0.25, 0.3) is 0 Å². The van der Waals surface area contributed by atoms with Crippen LogP contribution < -0.4 is 5.32 Å². The second kappa shape index (κ2) is 12.7. The standard InChI is InChI=1S/C25H50N2O5Si4/c1-13-29-24(28)23(20-26)21-17-22(19-25(2,3)18-21)27-15-14-16-36(12,31-34(7,8)9)32-35(10,11)30-33(4,5)6/h17-18,23,27H,13-16,19H2,1-12H3. The van der Waals surface area contributed by atoms with Crippen molar-refractivity contribution < 1.29 is 21.9 Å². The minimum Gasteiger partial charge on any atom is -0.465 e. The van der Waals surface area contributed by atoms with Gasteiger partial charge in [0, 0.05) is 12.2 Å². The number of esters is 1. The van der Waals surface area contributed by atoms with Gasteiger partial charge in [-0.05, 0) is 102 Å². The topological polar surface area (TPSA) is 89.8 Å². The molecule has 1 N–H and O–H groups in total. The van der Waals surface area contributed by atoms with E-state index >= 15 is 0 Å². The Hall–Kier alpha value is -1.01. The highest BCUT2D eigenvalue weighted by molar-refractivity contribution is 6.89. The van der Waals surface area contributed by atoms with Gasteiger partial charge in [0.2, 0.25) is 0 Å². The summed E-state index contributed by atoms with van der Waals surface area (Å²) in [4.78, 5) is 12.3. The number of carbonyl (C=O) groups is 1. The lowest BCUT2D eigenvalue weighted by molar-refractivity contribution is -0.144. The highest BCUT2D eigenvalue weighted by atomic mass is 28.5. The predicted octanol–water partition coefficient (Wildman–Crippen LogP) is 6.40. The summed E-state index contributed by atoms with van der Waals surface area (Å²) in [7, 11) is -8.30. The van der Waals surface area contributed by atoms with Gasteiger partial charge in [-0.1, -0.05) is 19.9 Å². The number of nitrogens with one attached hydrogen (secondary N) is 1. The zero-order valence-corrected chi connectivity index (χ0v) is 28.8. The Balaban J connectivity index is 2.92. The number of hydrogen-bond donors (Lipinski definition) is 1. The molecule has 2 atom stereocenters. The maximum Gasteiger partial charge on any atom is 0.327 e. The summed E-state index contributed by atoms with van der Waals surface area (Å²) in [5.74, 6) is -1.40. The molecule has 0 aromatic rings. The summed E-state index contributed by atoms with van der Waals surface area (Å²) >= 11 is 0. The molecule has 0 bridgehead atoms. The lowest BCUT2D eigenvalue weighted by Gasteiger charge is -2.41. The maximum atomic E-state index is 12.3. The minimum absolute atomic E-state index is 0.162. The van der Waals surface area contributed by atoms with Crippen LogP contribution >= 0.6 is 0 Å². The van der Waals surface area contributed by atoms with Crippen molar-refractivity contribution in [2.45, 2.75) is 98.6 Å². The van der Waals surface area contributed by atoms with Crippen molar-refractivity contribution >= 4 is 39.7 Å². The van der Waals surface area contributed by atoms with Gasteiger partial charge in [0.15, 0.2) is 22.6 Å². The van der Waals surface area contributed by atoms with E-state index in [0.29, 0.717) is 5.57 Å². The van der Waals surface area contributed by atoms with Crippen molar-refractivity contribution in [2.24, 2.45) is 11.3 Å². The number of carbonyl (C=O) groups excluding carboxylic acids is 1. The molecule has 0 aromatic carbocycles. The molecular weight excluding hydrogens is 521 g/mol. The number of allylic oxidation sites excluding steroid dienone is 3. The molecule has 0 amide bonds. The van der Waals surface area contributed by atoms with Gasteiger partial charge in [0.05, 0.1) is 12.7 Å². The van der Waals surface area contributed by atoms with Crippen LogP contribution in [0.2, 0.25) is 65.0 Å². The van der Waals surface area contributed by atoms with Crippen LogP contribution in [-0.4, -0.2) is 52.9 Å². The zero-order valence-electron chi connectivity index (χ0n) is 24.8. The van der Waals surface area contributed by atoms with E-state index in [-0.39, 0.29) is 12.0 Å². The van der Waals surface area contributed by atoms with Gasteiger partial charge in [0.25, 0.3) is 0 Å². The molecule has 1 aliphatic carbocycles. The van der Waals surface area contributed by atoms with Crippen molar-refractivity contribution in [3.05, 3.63) is 23.4 Å². The SMILES string of the molecule is CCOC(=O)C(C#N)C1=CC(C)(C)CC(NCCC[Si](C)(O[Si](C)(C)C)O[Si](C)(C)O[Si](C)(C)C)=C1. The van der Waals surface area contributed by atoms with Crippen LogP contribution in [0.15, 0.2) is 23.4 Å². The first-order chi connectivity index (χ1) is 16.2. The van der Waals surface area contributed by atoms with Gasteiger partial charge < -0.3 is 22.4 Å². The third kappa shape index (κ3) is 12.5. The number of rotatable bonds is 14. The number of hydrogen-bond acceptors (Lipinski definition) is 7. The van der Waals surface area contributed by atoms with Crippen molar-refractivity contribution in [3.8, 4) is 6.07 Å². The molecule has 0 radical (unpaired) electrons. The van der Waals surface area contributed by atoms with E-state index in [1.807, 2.05) is 12.2 Å². The smallest absolute Gasteiger partial charge is 0.327 e. The predicted molar refractivity (Wildman–Crippen MR) is 157 cm³/mol. The summed E-state index contributed by atoms with van der Waals surface area (Å²) in [6.45, 7) is 26.7. The first-order valence-electron chi connectivity index (χ1n) is 13.0. The molecule has 0 aromatic heterocycles. The van der Waals surface area contributed by atoms with E-state index in [2.05, 4.69) is 84.2 Å².